The van der Waals surface area contributed by atoms with Crippen molar-refractivity contribution in [3.8, 4) is 0 Å². The van der Waals surface area contributed by atoms with Crippen molar-refractivity contribution in [3.63, 3.8) is 0 Å². The molecule has 1 saturated heterocycles. The minimum Gasteiger partial charge on any atom is -0.355 e. The van der Waals surface area contributed by atoms with Crippen LogP contribution in [0.2, 0.25) is 0 Å². The molecule has 2 aromatic rings. The van der Waals surface area contributed by atoms with Gasteiger partial charge in [-0.25, -0.2) is 4.98 Å². The summed E-state index contributed by atoms with van der Waals surface area (Å²) >= 11 is 1.91. The highest BCUT2D eigenvalue weighted by atomic mass is 32.1. The van der Waals surface area contributed by atoms with Crippen LogP contribution < -0.4 is 5.32 Å². The topological polar surface area (TPSA) is 69.2 Å². The molecular weight excluding hydrogens is 356 g/mol. The lowest BCUT2D eigenvalue weighted by Gasteiger charge is -2.39. The molecule has 0 aromatic carbocycles. The van der Waals surface area contributed by atoms with Crippen LogP contribution >= 0.6 is 11.3 Å². The summed E-state index contributed by atoms with van der Waals surface area (Å²) in [4.78, 5) is 12.9. The number of rotatable bonds is 4. The molecule has 1 saturated carbocycles. The monoisotopic (exact) mass is 386 g/mol. The van der Waals surface area contributed by atoms with Crippen LogP contribution in [0.3, 0.4) is 0 Å². The molecule has 6 nitrogen and oxygen atoms in total. The fourth-order valence-corrected chi connectivity index (χ4v) is 5.66. The Morgan fingerprint density at radius 1 is 1.33 bits per heavy atom. The Morgan fingerprint density at radius 2 is 2.15 bits per heavy atom. The first-order valence-corrected chi connectivity index (χ1v) is 11.0. The standard InChI is InChI=1S/C20H30N6S/c1-21-19(26-11-7-16(8-12-26)18-23-15-24-25-18)22-14-20(9-3-2-4-10-20)17-6-5-13-27-17/h5-6,13,15-16H,2-4,7-12,14H2,1H3,(H,21,22)(H,23,24,25). The molecule has 1 aliphatic carbocycles. The Bertz CT molecular complexity index is 710. The van der Waals surface area contributed by atoms with Gasteiger partial charge in [-0.3, -0.25) is 10.1 Å². The average Bonchev–Trinajstić information content (AvgIpc) is 3.44. The van der Waals surface area contributed by atoms with Gasteiger partial charge in [0.05, 0.1) is 0 Å². The third kappa shape index (κ3) is 4.03. The minimum absolute atomic E-state index is 0.278. The van der Waals surface area contributed by atoms with Crippen molar-refractivity contribution < 1.29 is 0 Å². The number of thiophene rings is 1. The first-order chi connectivity index (χ1) is 13.3. The smallest absolute Gasteiger partial charge is 0.193 e. The van der Waals surface area contributed by atoms with Gasteiger partial charge in [0.1, 0.15) is 12.2 Å². The molecule has 27 heavy (non-hydrogen) atoms. The second-order valence-corrected chi connectivity index (χ2v) is 8.80. The summed E-state index contributed by atoms with van der Waals surface area (Å²) in [6, 6.07) is 4.52. The molecule has 2 fully saturated rings. The molecule has 0 atom stereocenters. The van der Waals surface area contributed by atoms with Crippen molar-refractivity contribution in [3.05, 3.63) is 34.5 Å². The molecule has 2 aromatic heterocycles. The third-order valence-electron chi connectivity index (χ3n) is 6.27. The average molecular weight is 387 g/mol. The fraction of sp³-hybridized carbons (Fsp3) is 0.650. The van der Waals surface area contributed by atoms with Gasteiger partial charge in [0.2, 0.25) is 0 Å². The quantitative estimate of drug-likeness (QED) is 0.623. The predicted octanol–water partition coefficient (Wildman–Crippen LogP) is 3.52. The summed E-state index contributed by atoms with van der Waals surface area (Å²) in [6.45, 7) is 3.01. The van der Waals surface area contributed by atoms with E-state index in [1.54, 1.807) is 6.33 Å². The second kappa shape index (κ2) is 8.42. The number of aliphatic imine (C=N–C) groups is 1. The number of nitrogens with one attached hydrogen (secondary N) is 2. The van der Waals surface area contributed by atoms with Gasteiger partial charge in [-0.15, -0.1) is 11.3 Å². The Labute approximate surface area is 165 Å². The summed E-state index contributed by atoms with van der Waals surface area (Å²) in [6.07, 6.45) is 10.4. The number of likely N-dealkylation sites (tertiary alicyclic amines) is 1. The Hall–Kier alpha value is -1.89. The molecule has 1 aliphatic heterocycles. The lowest BCUT2D eigenvalue weighted by Crippen LogP contribution is -2.50. The first kappa shape index (κ1) is 18.5. The molecule has 7 heteroatoms. The van der Waals surface area contributed by atoms with Gasteiger partial charge in [-0.1, -0.05) is 25.3 Å². The largest absolute Gasteiger partial charge is 0.355 e. The predicted molar refractivity (Wildman–Crippen MR) is 110 cm³/mol. The van der Waals surface area contributed by atoms with Gasteiger partial charge in [0.25, 0.3) is 0 Å². The van der Waals surface area contributed by atoms with Crippen molar-refractivity contribution >= 4 is 17.3 Å². The van der Waals surface area contributed by atoms with E-state index in [0.717, 1.165) is 44.3 Å². The van der Waals surface area contributed by atoms with E-state index in [2.05, 4.69) is 47.9 Å². The van der Waals surface area contributed by atoms with Gasteiger partial charge < -0.3 is 10.2 Å². The maximum atomic E-state index is 4.60. The van der Waals surface area contributed by atoms with Crippen LogP contribution in [0, 0.1) is 0 Å². The number of guanidine groups is 1. The molecule has 0 amide bonds. The van der Waals surface area contributed by atoms with E-state index < -0.39 is 0 Å². The zero-order valence-electron chi connectivity index (χ0n) is 16.2. The van der Waals surface area contributed by atoms with Gasteiger partial charge in [-0.2, -0.15) is 5.10 Å². The Balaban J connectivity index is 1.37. The zero-order chi connectivity index (χ0) is 18.5. The van der Waals surface area contributed by atoms with Crippen LogP contribution in [0.25, 0.3) is 0 Å². The van der Waals surface area contributed by atoms with E-state index in [0.29, 0.717) is 5.92 Å². The SMILES string of the molecule is CN=C(NCC1(c2cccs2)CCCCC1)N1CCC(c2ncn[nH]2)CC1. The zero-order valence-corrected chi connectivity index (χ0v) is 17.0. The van der Waals surface area contributed by atoms with Crippen LogP contribution in [-0.2, 0) is 5.41 Å². The summed E-state index contributed by atoms with van der Waals surface area (Å²) < 4.78 is 0. The van der Waals surface area contributed by atoms with E-state index in [9.17, 15) is 0 Å². The highest BCUT2D eigenvalue weighted by Gasteiger charge is 2.35. The van der Waals surface area contributed by atoms with Crippen LogP contribution in [0.15, 0.2) is 28.8 Å². The number of hydrogen-bond donors (Lipinski definition) is 2. The summed E-state index contributed by atoms with van der Waals surface area (Å²) in [5, 5.41) is 13.0. The molecule has 3 heterocycles. The molecule has 0 spiro atoms. The summed E-state index contributed by atoms with van der Waals surface area (Å²) in [5.74, 6) is 2.56. The molecule has 2 N–H and O–H groups in total. The second-order valence-electron chi connectivity index (χ2n) is 7.85. The van der Waals surface area contributed by atoms with E-state index >= 15 is 0 Å². The minimum atomic E-state index is 0.278. The summed E-state index contributed by atoms with van der Waals surface area (Å²) in [5.41, 5.74) is 0.278. The molecule has 0 unspecified atom stereocenters. The van der Waals surface area contributed by atoms with Gasteiger partial charge >= 0.3 is 0 Å². The van der Waals surface area contributed by atoms with Crippen molar-refractivity contribution in [2.45, 2.75) is 56.3 Å². The van der Waals surface area contributed by atoms with Crippen LogP contribution in [0.1, 0.15) is 61.6 Å². The molecule has 146 valence electrons. The van der Waals surface area contributed by atoms with Gasteiger partial charge in [0, 0.05) is 42.9 Å². The number of aromatic amines is 1. The molecular formula is C20H30N6S. The van der Waals surface area contributed by atoms with E-state index in [1.165, 1.54) is 37.0 Å². The number of piperidine rings is 1. The van der Waals surface area contributed by atoms with Gasteiger partial charge in [0.15, 0.2) is 5.96 Å². The first-order valence-electron chi connectivity index (χ1n) is 10.2. The number of nitrogens with zero attached hydrogens (tertiary/aromatic N) is 4. The van der Waals surface area contributed by atoms with Crippen molar-refractivity contribution in [2.75, 3.05) is 26.7 Å². The van der Waals surface area contributed by atoms with Crippen LogP contribution in [-0.4, -0.2) is 52.7 Å². The molecule has 0 radical (unpaired) electrons. The summed E-state index contributed by atoms with van der Waals surface area (Å²) in [7, 11) is 1.91. The Morgan fingerprint density at radius 3 is 2.78 bits per heavy atom. The lowest BCUT2D eigenvalue weighted by molar-refractivity contribution is 0.276. The van der Waals surface area contributed by atoms with Gasteiger partial charge in [-0.05, 0) is 37.1 Å². The number of hydrogen-bond acceptors (Lipinski definition) is 4. The maximum Gasteiger partial charge on any atom is 0.193 e. The van der Waals surface area contributed by atoms with E-state index in [4.69, 9.17) is 0 Å². The molecule has 4 rings (SSSR count). The number of aromatic nitrogens is 3. The highest BCUT2D eigenvalue weighted by molar-refractivity contribution is 7.10. The fourth-order valence-electron chi connectivity index (χ4n) is 4.68. The van der Waals surface area contributed by atoms with E-state index in [1.807, 2.05) is 18.4 Å². The number of H-pyrrole nitrogens is 1. The molecule has 0 bridgehead atoms. The Kier molecular flexibility index (Phi) is 5.76. The lowest BCUT2D eigenvalue weighted by atomic mass is 9.73. The van der Waals surface area contributed by atoms with Crippen LogP contribution in [0.4, 0.5) is 0 Å². The van der Waals surface area contributed by atoms with E-state index in [-0.39, 0.29) is 5.41 Å². The molecule has 2 aliphatic rings. The van der Waals surface area contributed by atoms with Crippen molar-refractivity contribution in [2.24, 2.45) is 4.99 Å². The third-order valence-corrected chi connectivity index (χ3v) is 7.38. The highest BCUT2D eigenvalue weighted by Crippen LogP contribution is 2.41. The normalized spacial score (nSPS) is 21.4. The van der Waals surface area contributed by atoms with Crippen molar-refractivity contribution in [1.82, 2.24) is 25.4 Å². The van der Waals surface area contributed by atoms with Crippen molar-refractivity contribution in [1.29, 1.82) is 0 Å². The maximum absolute atomic E-state index is 4.60. The van der Waals surface area contributed by atoms with Crippen LogP contribution in [0.5, 0.6) is 0 Å².